The molecule has 1 heterocycles. The van der Waals surface area contributed by atoms with Gasteiger partial charge in [0.1, 0.15) is 0 Å². The minimum Gasteiger partial charge on any atom is -0.351 e. The maximum atomic E-state index is 12.9. The van der Waals surface area contributed by atoms with Gasteiger partial charge >= 0.3 is 0 Å². The molecule has 1 aliphatic carbocycles. The molecule has 1 aromatic heterocycles. The molecule has 1 N–H and O–H groups in total. The van der Waals surface area contributed by atoms with Gasteiger partial charge in [0.05, 0.1) is 0 Å². The van der Waals surface area contributed by atoms with Crippen molar-refractivity contribution in [3.8, 4) is 0 Å². The highest BCUT2D eigenvalue weighted by Crippen LogP contribution is 2.33. The Labute approximate surface area is 86.9 Å². The largest absolute Gasteiger partial charge is 0.351 e. The van der Waals surface area contributed by atoms with Crippen LogP contribution in [0.1, 0.15) is 25.7 Å². The van der Waals surface area contributed by atoms with Crippen molar-refractivity contribution in [2.45, 2.75) is 37.6 Å². The molecule has 0 amide bonds. The third-order valence-corrected chi connectivity index (χ3v) is 2.62. The lowest BCUT2D eigenvalue weighted by Gasteiger charge is -2.28. The van der Waals surface area contributed by atoms with Gasteiger partial charge in [0.2, 0.25) is 11.9 Å². The fraction of sp³-hybridized carbons (Fsp3) is 0.600. The molecule has 0 aromatic carbocycles. The second kappa shape index (κ2) is 4.08. The van der Waals surface area contributed by atoms with Crippen molar-refractivity contribution in [3.05, 3.63) is 18.5 Å². The summed E-state index contributed by atoms with van der Waals surface area (Å²) in [5, 5.41) is 3.06. The van der Waals surface area contributed by atoms with Crippen LogP contribution >= 0.6 is 0 Å². The average molecular weight is 213 g/mol. The Morgan fingerprint density at radius 3 is 2.40 bits per heavy atom. The van der Waals surface area contributed by atoms with Crippen LogP contribution in [0.5, 0.6) is 0 Å². The summed E-state index contributed by atoms with van der Waals surface area (Å²) in [4.78, 5) is 8.00. The van der Waals surface area contributed by atoms with Crippen molar-refractivity contribution in [1.82, 2.24) is 9.97 Å². The molecule has 1 saturated carbocycles. The monoisotopic (exact) mass is 213 g/mol. The lowest BCUT2D eigenvalue weighted by atomic mass is 9.92. The van der Waals surface area contributed by atoms with Gasteiger partial charge in [-0.1, -0.05) is 0 Å². The first-order chi connectivity index (χ1) is 7.16. The minimum atomic E-state index is -2.48. The maximum absolute atomic E-state index is 12.9. The van der Waals surface area contributed by atoms with Crippen LogP contribution in [0.25, 0.3) is 0 Å². The zero-order valence-electron chi connectivity index (χ0n) is 8.29. The molecular formula is C10H13F2N3. The van der Waals surface area contributed by atoms with E-state index in [1.807, 2.05) is 0 Å². The normalized spacial score (nSPS) is 21.2. The zero-order chi connectivity index (χ0) is 10.7. The SMILES string of the molecule is FC1(F)CCC(Nc2ncccn2)CC1. The van der Waals surface area contributed by atoms with E-state index in [9.17, 15) is 8.78 Å². The van der Waals surface area contributed by atoms with Crippen molar-refractivity contribution >= 4 is 5.95 Å². The van der Waals surface area contributed by atoms with Crippen LogP contribution in [0.4, 0.5) is 14.7 Å². The summed E-state index contributed by atoms with van der Waals surface area (Å²) >= 11 is 0. The van der Waals surface area contributed by atoms with E-state index in [0.717, 1.165) is 0 Å². The third kappa shape index (κ3) is 2.84. The summed E-state index contributed by atoms with van der Waals surface area (Å²) in [5.41, 5.74) is 0. The molecule has 1 aliphatic rings. The Kier molecular flexibility index (Phi) is 2.79. The predicted octanol–water partition coefficient (Wildman–Crippen LogP) is 2.47. The van der Waals surface area contributed by atoms with E-state index in [0.29, 0.717) is 18.8 Å². The lowest BCUT2D eigenvalue weighted by molar-refractivity contribution is -0.0361. The Morgan fingerprint density at radius 2 is 1.80 bits per heavy atom. The number of anilines is 1. The van der Waals surface area contributed by atoms with Crippen molar-refractivity contribution < 1.29 is 8.78 Å². The van der Waals surface area contributed by atoms with Gasteiger partial charge in [0.15, 0.2) is 0 Å². The van der Waals surface area contributed by atoms with Gasteiger partial charge in [-0.15, -0.1) is 0 Å². The number of nitrogens with zero attached hydrogens (tertiary/aromatic N) is 2. The van der Waals surface area contributed by atoms with Gasteiger partial charge in [-0.05, 0) is 18.9 Å². The van der Waals surface area contributed by atoms with E-state index in [1.165, 1.54) is 0 Å². The number of hydrogen-bond donors (Lipinski definition) is 1. The topological polar surface area (TPSA) is 37.8 Å². The number of alkyl halides is 2. The molecule has 0 saturated heterocycles. The summed E-state index contributed by atoms with van der Waals surface area (Å²) in [7, 11) is 0. The number of rotatable bonds is 2. The lowest BCUT2D eigenvalue weighted by Crippen LogP contribution is -2.32. The fourth-order valence-corrected chi connectivity index (χ4v) is 1.74. The fourth-order valence-electron chi connectivity index (χ4n) is 1.74. The first-order valence-electron chi connectivity index (χ1n) is 5.07. The standard InChI is InChI=1S/C10H13F2N3/c11-10(12)4-2-8(3-5-10)15-9-13-6-1-7-14-9/h1,6-8H,2-5H2,(H,13,14,15). The van der Waals surface area contributed by atoms with Gasteiger partial charge in [0, 0.05) is 31.3 Å². The van der Waals surface area contributed by atoms with Gasteiger partial charge in [-0.2, -0.15) is 0 Å². The smallest absolute Gasteiger partial charge is 0.248 e. The molecule has 0 radical (unpaired) electrons. The Morgan fingerprint density at radius 1 is 1.20 bits per heavy atom. The average Bonchev–Trinajstić information content (AvgIpc) is 2.23. The van der Waals surface area contributed by atoms with Crippen LogP contribution in [0, 0.1) is 0 Å². The summed E-state index contributed by atoms with van der Waals surface area (Å²) in [6, 6.07) is 1.80. The molecule has 0 atom stereocenters. The number of halogens is 2. The predicted molar refractivity (Wildman–Crippen MR) is 52.9 cm³/mol. The van der Waals surface area contributed by atoms with Crippen molar-refractivity contribution in [2.24, 2.45) is 0 Å². The Balaban J connectivity index is 1.88. The summed E-state index contributed by atoms with van der Waals surface area (Å²) < 4.78 is 25.7. The molecule has 15 heavy (non-hydrogen) atoms. The molecule has 82 valence electrons. The zero-order valence-corrected chi connectivity index (χ0v) is 8.29. The Bertz CT molecular complexity index is 306. The molecule has 0 unspecified atom stereocenters. The van der Waals surface area contributed by atoms with Crippen LogP contribution in [0.3, 0.4) is 0 Å². The van der Waals surface area contributed by atoms with E-state index < -0.39 is 5.92 Å². The van der Waals surface area contributed by atoms with Crippen LogP contribution in [0.15, 0.2) is 18.5 Å². The van der Waals surface area contributed by atoms with Gasteiger partial charge < -0.3 is 5.32 Å². The molecular weight excluding hydrogens is 200 g/mol. The van der Waals surface area contributed by atoms with Gasteiger partial charge in [-0.25, -0.2) is 18.7 Å². The van der Waals surface area contributed by atoms with Crippen molar-refractivity contribution in [1.29, 1.82) is 0 Å². The molecule has 3 nitrogen and oxygen atoms in total. The molecule has 0 aliphatic heterocycles. The molecule has 0 spiro atoms. The third-order valence-electron chi connectivity index (χ3n) is 2.62. The van der Waals surface area contributed by atoms with E-state index in [2.05, 4.69) is 15.3 Å². The number of nitrogens with one attached hydrogen (secondary N) is 1. The first-order valence-corrected chi connectivity index (χ1v) is 5.07. The van der Waals surface area contributed by atoms with Crippen molar-refractivity contribution in [2.75, 3.05) is 5.32 Å². The maximum Gasteiger partial charge on any atom is 0.248 e. The van der Waals surface area contributed by atoms with E-state index in [1.54, 1.807) is 18.5 Å². The van der Waals surface area contributed by atoms with Crippen molar-refractivity contribution in [3.63, 3.8) is 0 Å². The van der Waals surface area contributed by atoms with Gasteiger partial charge in [-0.3, -0.25) is 0 Å². The second-order valence-corrected chi connectivity index (χ2v) is 3.85. The van der Waals surface area contributed by atoms with E-state index in [4.69, 9.17) is 0 Å². The van der Waals surface area contributed by atoms with Crippen LogP contribution < -0.4 is 5.32 Å². The number of hydrogen-bond acceptors (Lipinski definition) is 3. The Hall–Kier alpha value is -1.26. The van der Waals surface area contributed by atoms with Crippen LogP contribution in [-0.4, -0.2) is 21.9 Å². The van der Waals surface area contributed by atoms with Gasteiger partial charge in [0.25, 0.3) is 0 Å². The minimum absolute atomic E-state index is 0.0441. The quantitative estimate of drug-likeness (QED) is 0.820. The highest BCUT2D eigenvalue weighted by molar-refractivity contribution is 5.24. The summed E-state index contributed by atoms with van der Waals surface area (Å²) in [6.07, 6.45) is 4.13. The summed E-state index contributed by atoms with van der Waals surface area (Å²) in [6.45, 7) is 0. The molecule has 2 rings (SSSR count). The molecule has 5 heteroatoms. The van der Waals surface area contributed by atoms with Crippen LogP contribution in [0.2, 0.25) is 0 Å². The second-order valence-electron chi connectivity index (χ2n) is 3.85. The van der Waals surface area contributed by atoms with Crippen LogP contribution in [-0.2, 0) is 0 Å². The first kappa shape index (κ1) is 10.3. The molecule has 1 aromatic rings. The highest BCUT2D eigenvalue weighted by atomic mass is 19.3. The summed E-state index contributed by atoms with van der Waals surface area (Å²) in [5.74, 6) is -1.96. The molecule has 0 bridgehead atoms. The van der Waals surface area contributed by atoms with E-state index in [-0.39, 0.29) is 18.9 Å². The van der Waals surface area contributed by atoms with E-state index >= 15 is 0 Å². The molecule has 1 fully saturated rings. The highest BCUT2D eigenvalue weighted by Gasteiger charge is 2.34. The number of aromatic nitrogens is 2.